The van der Waals surface area contributed by atoms with Crippen molar-refractivity contribution in [1.29, 1.82) is 10.5 Å². The summed E-state index contributed by atoms with van der Waals surface area (Å²) in [7, 11) is 0. The lowest BCUT2D eigenvalue weighted by atomic mass is 10.3. The Bertz CT molecular complexity index is 675. The van der Waals surface area contributed by atoms with E-state index >= 15 is 0 Å². The van der Waals surface area contributed by atoms with Crippen LogP contribution in [0.3, 0.4) is 0 Å². The molecule has 2 aromatic rings. The number of benzene rings is 1. The zero-order valence-electron chi connectivity index (χ0n) is 9.87. The van der Waals surface area contributed by atoms with Gasteiger partial charge in [0.1, 0.15) is 18.8 Å². The minimum Gasteiger partial charge on any atom is -0.308 e. The lowest BCUT2D eigenvalue weighted by molar-refractivity contribution is -0.115. The number of aromatic nitrogens is 2. The summed E-state index contributed by atoms with van der Waals surface area (Å²) in [5.74, 6) is -0.203. The van der Waals surface area contributed by atoms with E-state index in [1.54, 1.807) is 10.6 Å². The van der Waals surface area contributed by atoms with Crippen molar-refractivity contribution in [3.63, 3.8) is 0 Å². The summed E-state index contributed by atoms with van der Waals surface area (Å²) in [5, 5.41) is 20.0. The summed E-state index contributed by atoms with van der Waals surface area (Å²) in [6, 6.07) is 12.8. The van der Waals surface area contributed by atoms with Gasteiger partial charge in [0.25, 0.3) is 0 Å². The van der Waals surface area contributed by atoms with Crippen LogP contribution in [-0.4, -0.2) is 15.5 Å². The highest BCUT2D eigenvalue weighted by molar-refractivity contribution is 5.92. The smallest absolute Gasteiger partial charge is 0.239 e. The van der Waals surface area contributed by atoms with Gasteiger partial charge >= 0.3 is 0 Å². The molecule has 0 aliphatic heterocycles. The average molecular weight is 251 g/mol. The number of nitrogens with one attached hydrogen (secondary N) is 1. The molecule has 0 bridgehead atoms. The van der Waals surface area contributed by atoms with Crippen LogP contribution >= 0.6 is 0 Å². The van der Waals surface area contributed by atoms with Crippen LogP contribution in [0.2, 0.25) is 0 Å². The topological polar surface area (TPSA) is 94.5 Å². The van der Waals surface area contributed by atoms with Crippen LogP contribution in [0.15, 0.2) is 36.7 Å². The number of hydrogen-bond acceptors (Lipinski definition) is 4. The standard InChI is InChI=1S/C13H9N5O/c14-7-6-12(19)17-13-11(8-15)16-9-18(13)10-4-2-1-3-5-10/h1-5,9H,6H2,(H,17,19). The molecule has 0 aliphatic rings. The van der Waals surface area contributed by atoms with Gasteiger partial charge in [-0.2, -0.15) is 10.5 Å². The van der Waals surface area contributed by atoms with Gasteiger partial charge in [-0.3, -0.25) is 9.36 Å². The Morgan fingerprint density at radius 3 is 2.68 bits per heavy atom. The van der Waals surface area contributed by atoms with Gasteiger partial charge in [0.05, 0.1) is 6.07 Å². The van der Waals surface area contributed by atoms with Gasteiger partial charge in [0.2, 0.25) is 5.91 Å². The predicted molar refractivity (Wildman–Crippen MR) is 67.1 cm³/mol. The molecule has 1 aromatic heterocycles. The Labute approximate surface area is 109 Å². The molecule has 0 aliphatic carbocycles. The monoisotopic (exact) mass is 251 g/mol. The van der Waals surface area contributed by atoms with E-state index in [2.05, 4.69) is 10.3 Å². The third-order valence-electron chi connectivity index (χ3n) is 2.41. The Hall–Kier alpha value is -3.12. The fourth-order valence-electron chi connectivity index (χ4n) is 1.58. The first-order valence-corrected chi connectivity index (χ1v) is 5.46. The Balaban J connectivity index is 2.42. The molecule has 1 aromatic carbocycles. The number of amides is 1. The first kappa shape index (κ1) is 12.3. The van der Waals surface area contributed by atoms with Crippen molar-refractivity contribution in [2.45, 2.75) is 6.42 Å². The van der Waals surface area contributed by atoms with E-state index in [4.69, 9.17) is 10.5 Å². The number of rotatable bonds is 3. The van der Waals surface area contributed by atoms with Crippen LogP contribution in [0.25, 0.3) is 5.69 Å². The molecule has 0 saturated heterocycles. The summed E-state index contributed by atoms with van der Waals surface area (Å²) in [6.45, 7) is 0. The second-order valence-electron chi connectivity index (χ2n) is 3.64. The fraction of sp³-hybridized carbons (Fsp3) is 0.0769. The quantitative estimate of drug-likeness (QED) is 0.896. The molecule has 1 N–H and O–H groups in total. The molecule has 19 heavy (non-hydrogen) atoms. The molecule has 6 nitrogen and oxygen atoms in total. The molecule has 0 saturated carbocycles. The zero-order valence-corrected chi connectivity index (χ0v) is 9.87. The highest BCUT2D eigenvalue weighted by atomic mass is 16.1. The van der Waals surface area contributed by atoms with Crippen LogP contribution in [0.1, 0.15) is 12.1 Å². The van der Waals surface area contributed by atoms with Gasteiger partial charge in [0, 0.05) is 5.69 Å². The highest BCUT2D eigenvalue weighted by Gasteiger charge is 2.14. The van der Waals surface area contributed by atoms with E-state index in [1.165, 1.54) is 6.33 Å². The van der Waals surface area contributed by atoms with Gasteiger partial charge in [-0.15, -0.1) is 0 Å². The van der Waals surface area contributed by atoms with Crippen molar-refractivity contribution in [3.05, 3.63) is 42.4 Å². The van der Waals surface area contributed by atoms with Crippen LogP contribution < -0.4 is 5.32 Å². The van der Waals surface area contributed by atoms with E-state index in [-0.39, 0.29) is 17.9 Å². The Kier molecular flexibility index (Phi) is 3.56. The second kappa shape index (κ2) is 5.48. The molecule has 1 heterocycles. The van der Waals surface area contributed by atoms with Crippen LogP contribution in [0, 0.1) is 22.7 Å². The number of anilines is 1. The Morgan fingerprint density at radius 1 is 1.32 bits per heavy atom. The number of imidazole rings is 1. The third kappa shape index (κ3) is 2.59. The first-order chi connectivity index (χ1) is 9.26. The van der Waals surface area contributed by atoms with Crippen molar-refractivity contribution >= 4 is 11.7 Å². The lowest BCUT2D eigenvalue weighted by Gasteiger charge is -2.08. The van der Waals surface area contributed by atoms with Gasteiger partial charge in [0.15, 0.2) is 11.5 Å². The van der Waals surface area contributed by atoms with E-state index < -0.39 is 5.91 Å². The minimum atomic E-state index is -0.475. The van der Waals surface area contributed by atoms with Crippen LogP contribution in [0.5, 0.6) is 0 Å². The van der Waals surface area contributed by atoms with Crippen molar-refractivity contribution in [1.82, 2.24) is 9.55 Å². The molecule has 0 radical (unpaired) electrons. The van der Waals surface area contributed by atoms with Crippen molar-refractivity contribution in [3.8, 4) is 17.8 Å². The van der Waals surface area contributed by atoms with E-state index in [1.807, 2.05) is 36.4 Å². The maximum absolute atomic E-state index is 11.5. The molecule has 0 spiro atoms. The number of nitrogens with zero attached hydrogens (tertiary/aromatic N) is 4. The third-order valence-corrected chi connectivity index (χ3v) is 2.41. The zero-order chi connectivity index (χ0) is 13.7. The van der Waals surface area contributed by atoms with Gasteiger partial charge in [-0.25, -0.2) is 4.98 Å². The summed E-state index contributed by atoms with van der Waals surface area (Å²) >= 11 is 0. The molecule has 0 unspecified atom stereocenters. The van der Waals surface area contributed by atoms with Gasteiger partial charge in [-0.05, 0) is 12.1 Å². The maximum Gasteiger partial charge on any atom is 0.239 e. The van der Waals surface area contributed by atoms with Crippen molar-refractivity contribution < 1.29 is 4.79 Å². The van der Waals surface area contributed by atoms with E-state index in [9.17, 15) is 4.79 Å². The molecule has 92 valence electrons. The molecule has 1 amide bonds. The molecular formula is C13H9N5O. The van der Waals surface area contributed by atoms with Gasteiger partial charge < -0.3 is 5.32 Å². The number of para-hydroxylation sites is 1. The number of carbonyl (C=O) groups is 1. The number of carbonyl (C=O) groups excluding carboxylic acids is 1. The molecule has 2 rings (SSSR count). The second-order valence-corrected chi connectivity index (χ2v) is 3.64. The average Bonchev–Trinajstić information content (AvgIpc) is 2.82. The highest BCUT2D eigenvalue weighted by Crippen LogP contribution is 2.19. The summed E-state index contributed by atoms with van der Waals surface area (Å²) in [5.41, 5.74) is 0.874. The summed E-state index contributed by atoms with van der Waals surface area (Å²) in [4.78, 5) is 15.4. The lowest BCUT2D eigenvalue weighted by Crippen LogP contribution is -2.14. The normalized spacial score (nSPS) is 9.37. The van der Waals surface area contributed by atoms with E-state index in [0.29, 0.717) is 0 Å². The van der Waals surface area contributed by atoms with Gasteiger partial charge in [-0.1, -0.05) is 18.2 Å². The molecular weight excluding hydrogens is 242 g/mol. The van der Waals surface area contributed by atoms with Crippen LogP contribution in [0.4, 0.5) is 5.82 Å². The number of hydrogen-bond donors (Lipinski definition) is 1. The minimum absolute atomic E-state index is 0.107. The summed E-state index contributed by atoms with van der Waals surface area (Å²) in [6.07, 6.45) is 1.18. The molecule has 0 atom stereocenters. The maximum atomic E-state index is 11.5. The molecule has 6 heteroatoms. The fourth-order valence-corrected chi connectivity index (χ4v) is 1.58. The first-order valence-electron chi connectivity index (χ1n) is 5.46. The van der Waals surface area contributed by atoms with E-state index in [0.717, 1.165) is 5.69 Å². The molecule has 0 fully saturated rings. The Morgan fingerprint density at radius 2 is 2.05 bits per heavy atom. The van der Waals surface area contributed by atoms with Crippen LogP contribution in [-0.2, 0) is 4.79 Å². The van der Waals surface area contributed by atoms with Crippen molar-refractivity contribution in [2.24, 2.45) is 0 Å². The number of nitriles is 2. The largest absolute Gasteiger partial charge is 0.308 e. The predicted octanol–water partition coefficient (Wildman–Crippen LogP) is 1.60. The summed E-state index contributed by atoms with van der Waals surface area (Å²) < 4.78 is 1.59. The van der Waals surface area contributed by atoms with Crippen molar-refractivity contribution in [2.75, 3.05) is 5.32 Å². The SMILES string of the molecule is N#CCC(=O)Nc1c(C#N)ncn1-c1ccccc1.